The van der Waals surface area contributed by atoms with Gasteiger partial charge in [0.1, 0.15) is 10.8 Å². The van der Waals surface area contributed by atoms with Gasteiger partial charge < -0.3 is 24.4 Å². The number of ether oxygens (including phenoxy) is 2. The van der Waals surface area contributed by atoms with Gasteiger partial charge >= 0.3 is 5.97 Å². The fourth-order valence-electron chi connectivity index (χ4n) is 6.08. The highest BCUT2D eigenvalue weighted by Crippen LogP contribution is 2.47. The van der Waals surface area contributed by atoms with Gasteiger partial charge in [-0.2, -0.15) is 0 Å². The van der Waals surface area contributed by atoms with Crippen molar-refractivity contribution in [1.82, 2.24) is 15.0 Å². The van der Waals surface area contributed by atoms with Crippen molar-refractivity contribution in [2.75, 3.05) is 49.3 Å². The first-order valence-electron chi connectivity index (χ1n) is 13.9. The number of aryl methyl sites for hydroxylation is 1. The van der Waals surface area contributed by atoms with Crippen LogP contribution in [-0.2, 0) is 9.47 Å². The van der Waals surface area contributed by atoms with Crippen LogP contribution < -0.4 is 9.80 Å². The Morgan fingerprint density at radius 2 is 2.03 bits per heavy atom. The number of aliphatic hydroxyl groups is 1. The maximum Gasteiger partial charge on any atom is 0.360 e. The summed E-state index contributed by atoms with van der Waals surface area (Å²) in [6.07, 6.45) is 5.85. The van der Waals surface area contributed by atoms with Gasteiger partial charge in [0.2, 0.25) is 0 Å². The molecule has 1 unspecified atom stereocenters. The molecular formula is C28H38ClN5O4S. The summed E-state index contributed by atoms with van der Waals surface area (Å²) in [5.74, 6) is 1.26. The molecule has 9 nitrogen and oxygen atoms in total. The minimum Gasteiger partial charge on any atom is -0.461 e. The number of carbonyl (C=O) groups is 1. The number of hydrogen-bond acceptors (Lipinski definition) is 10. The number of pyridine rings is 1. The summed E-state index contributed by atoms with van der Waals surface area (Å²) < 4.78 is 11.4. The second-order valence-corrected chi connectivity index (χ2v) is 12.3. The Hall–Kier alpha value is -2.14. The first-order chi connectivity index (χ1) is 18.8. The van der Waals surface area contributed by atoms with Crippen molar-refractivity contribution in [3.63, 3.8) is 0 Å². The van der Waals surface area contributed by atoms with Crippen molar-refractivity contribution >= 4 is 41.0 Å². The number of piperidine rings is 1. The summed E-state index contributed by atoms with van der Waals surface area (Å²) in [5.41, 5.74) is 1.13. The molecule has 5 rings (SSSR count). The van der Waals surface area contributed by atoms with Crippen molar-refractivity contribution in [2.24, 2.45) is 11.3 Å². The number of carbonyl (C=O) groups excluding carboxylic acids is 1. The van der Waals surface area contributed by atoms with Crippen LogP contribution in [0.25, 0.3) is 0 Å². The highest BCUT2D eigenvalue weighted by Gasteiger charge is 2.47. The van der Waals surface area contributed by atoms with E-state index in [1.807, 2.05) is 13.0 Å². The van der Waals surface area contributed by atoms with Crippen molar-refractivity contribution in [1.29, 1.82) is 0 Å². The van der Waals surface area contributed by atoms with E-state index in [4.69, 9.17) is 31.0 Å². The normalized spacial score (nSPS) is 24.5. The summed E-state index contributed by atoms with van der Waals surface area (Å²) in [4.78, 5) is 32.3. The summed E-state index contributed by atoms with van der Waals surface area (Å²) in [6, 6.07) is 1.85. The molecule has 0 radical (unpaired) electrons. The molecule has 0 bridgehead atoms. The lowest BCUT2D eigenvalue weighted by Gasteiger charge is -2.42. The summed E-state index contributed by atoms with van der Waals surface area (Å²) in [5, 5.41) is 10.9. The quantitative estimate of drug-likeness (QED) is 0.465. The highest BCUT2D eigenvalue weighted by molar-refractivity contribution is 7.99. The van der Waals surface area contributed by atoms with Crippen molar-refractivity contribution in [2.45, 2.75) is 75.4 Å². The minimum absolute atomic E-state index is 0.0113. The van der Waals surface area contributed by atoms with E-state index >= 15 is 0 Å². The molecule has 0 amide bonds. The van der Waals surface area contributed by atoms with Gasteiger partial charge in [-0.15, -0.1) is 0 Å². The topological polar surface area (TPSA) is 101 Å². The Bertz CT molecular complexity index is 1210. The number of esters is 1. The van der Waals surface area contributed by atoms with E-state index in [0.29, 0.717) is 27.6 Å². The first kappa shape index (κ1) is 28.4. The molecule has 3 saturated heterocycles. The summed E-state index contributed by atoms with van der Waals surface area (Å²) in [7, 11) is 0. The molecule has 2 aromatic heterocycles. The molecule has 1 N–H and O–H groups in total. The maximum atomic E-state index is 13.1. The monoisotopic (exact) mass is 575 g/mol. The molecule has 1 spiro atoms. The average Bonchev–Trinajstić information content (AvgIpc) is 3.52. The van der Waals surface area contributed by atoms with Crippen molar-refractivity contribution in [3.8, 4) is 0 Å². The maximum absolute atomic E-state index is 13.1. The van der Waals surface area contributed by atoms with Gasteiger partial charge in [0.05, 0.1) is 42.7 Å². The molecule has 212 valence electrons. The van der Waals surface area contributed by atoms with E-state index in [1.54, 1.807) is 13.1 Å². The van der Waals surface area contributed by atoms with E-state index in [2.05, 4.69) is 28.6 Å². The predicted molar refractivity (Wildman–Crippen MR) is 152 cm³/mol. The first-order valence-corrected chi connectivity index (χ1v) is 15.1. The minimum atomic E-state index is -0.474. The van der Waals surface area contributed by atoms with Gasteiger partial charge in [-0.05, 0) is 58.4 Å². The van der Waals surface area contributed by atoms with E-state index < -0.39 is 5.97 Å². The predicted octanol–water partition coefficient (Wildman–Crippen LogP) is 4.76. The van der Waals surface area contributed by atoms with Gasteiger partial charge in [-0.25, -0.2) is 19.7 Å². The molecule has 39 heavy (non-hydrogen) atoms. The van der Waals surface area contributed by atoms with Crippen molar-refractivity contribution in [3.05, 3.63) is 28.7 Å². The Kier molecular flexibility index (Phi) is 8.56. The SMILES string of the molecule is CCOC(=O)c1nc(Sc2ccnc(N3CCCC3CO)c2Cl)c(C)nc1N1CCC2(CC1)CO[C@@H](C)[C@H]2C. The second-order valence-electron chi connectivity index (χ2n) is 10.9. The van der Waals surface area contributed by atoms with Gasteiger partial charge in [-0.1, -0.05) is 30.3 Å². The van der Waals surface area contributed by atoms with Crippen LogP contribution in [0.5, 0.6) is 0 Å². The van der Waals surface area contributed by atoms with Gasteiger partial charge in [0.15, 0.2) is 11.5 Å². The average molecular weight is 576 g/mol. The second kappa shape index (κ2) is 11.8. The lowest BCUT2D eigenvalue weighted by atomic mass is 9.70. The molecule has 3 aliphatic rings. The van der Waals surface area contributed by atoms with E-state index in [0.717, 1.165) is 62.5 Å². The summed E-state index contributed by atoms with van der Waals surface area (Å²) in [6.45, 7) is 11.6. The van der Waals surface area contributed by atoms with Gasteiger partial charge in [0, 0.05) is 36.1 Å². The lowest BCUT2D eigenvalue weighted by molar-refractivity contribution is 0.0518. The molecular weight excluding hydrogens is 538 g/mol. The Morgan fingerprint density at radius 1 is 1.26 bits per heavy atom. The fraction of sp³-hybridized carbons (Fsp3) is 0.643. The molecule has 3 atom stereocenters. The lowest BCUT2D eigenvalue weighted by Crippen LogP contribution is -2.44. The van der Waals surface area contributed by atoms with Crippen LogP contribution in [0.4, 0.5) is 11.6 Å². The largest absolute Gasteiger partial charge is 0.461 e. The number of aliphatic hydroxyl groups excluding tert-OH is 1. The smallest absolute Gasteiger partial charge is 0.360 e. The number of nitrogens with zero attached hydrogens (tertiary/aromatic N) is 5. The van der Waals surface area contributed by atoms with E-state index in [-0.39, 0.29) is 36.5 Å². The van der Waals surface area contributed by atoms with E-state index in [1.165, 1.54) is 11.8 Å². The molecule has 2 aromatic rings. The van der Waals surface area contributed by atoms with Crippen LogP contribution in [-0.4, -0.2) is 77.6 Å². The van der Waals surface area contributed by atoms with Crippen LogP contribution in [0, 0.1) is 18.3 Å². The Morgan fingerprint density at radius 3 is 2.69 bits per heavy atom. The Balaban J connectivity index is 1.42. The number of halogens is 1. The third-order valence-corrected chi connectivity index (χ3v) is 10.4. The van der Waals surface area contributed by atoms with Crippen LogP contribution in [0.1, 0.15) is 62.6 Å². The van der Waals surface area contributed by atoms with Crippen LogP contribution in [0.15, 0.2) is 22.2 Å². The molecule has 0 aliphatic carbocycles. The summed E-state index contributed by atoms with van der Waals surface area (Å²) >= 11 is 8.20. The molecule has 11 heteroatoms. The number of rotatable bonds is 7. The zero-order chi connectivity index (χ0) is 27.7. The molecule has 3 aliphatic heterocycles. The molecule has 5 heterocycles. The third kappa shape index (κ3) is 5.45. The van der Waals surface area contributed by atoms with Gasteiger partial charge in [0.25, 0.3) is 0 Å². The molecule has 0 saturated carbocycles. The molecule has 0 aromatic carbocycles. The van der Waals surface area contributed by atoms with Crippen LogP contribution in [0.2, 0.25) is 5.02 Å². The fourth-order valence-corrected chi connectivity index (χ4v) is 7.27. The third-order valence-electron chi connectivity index (χ3n) is 8.74. The number of hydrogen-bond donors (Lipinski definition) is 1. The van der Waals surface area contributed by atoms with Crippen LogP contribution in [0.3, 0.4) is 0 Å². The van der Waals surface area contributed by atoms with E-state index in [9.17, 15) is 9.90 Å². The van der Waals surface area contributed by atoms with Gasteiger partial charge in [-0.3, -0.25) is 0 Å². The number of aromatic nitrogens is 3. The van der Waals surface area contributed by atoms with Crippen molar-refractivity contribution < 1.29 is 19.4 Å². The molecule has 3 fully saturated rings. The Labute approximate surface area is 239 Å². The zero-order valence-corrected chi connectivity index (χ0v) is 24.7. The van der Waals surface area contributed by atoms with Crippen LogP contribution >= 0.6 is 23.4 Å². The standard InChI is InChI=1S/C28H38ClN5O4S/c1-5-37-27(36)23-25(33-13-9-28(10-14-33)16-38-19(4)17(28)2)31-18(3)26(32-23)39-21-8-11-30-24(22(21)29)34-12-6-7-20(34)15-35/h8,11,17,19-20,35H,5-7,9-10,12-16H2,1-4H3/t17-,19+,20?/m1/s1. The zero-order valence-electron chi connectivity index (χ0n) is 23.2. The number of anilines is 2. The highest BCUT2D eigenvalue weighted by atomic mass is 35.5.